The number of benzene rings is 1. The Balaban J connectivity index is 1.43. The number of halogens is 2. The molecule has 1 aromatic rings. The zero-order chi connectivity index (χ0) is 21.4. The molecule has 0 unspecified atom stereocenters. The summed E-state index contributed by atoms with van der Waals surface area (Å²) in [5.74, 6) is 1.96. The van der Waals surface area contributed by atoms with Crippen LogP contribution in [0.2, 0.25) is 0 Å². The summed E-state index contributed by atoms with van der Waals surface area (Å²) in [6.07, 6.45) is 14.2. The van der Waals surface area contributed by atoms with E-state index in [0.29, 0.717) is 11.8 Å². The third kappa shape index (κ3) is 7.04. The van der Waals surface area contributed by atoms with Crippen molar-refractivity contribution in [2.24, 2.45) is 17.8 Å². The Morgan fingerprint density at radius 3 is 1.90 bits per heavy atom. The summed E-state index contributed by atoms with van der Waals surface area (Å²) in [5.41, 5.74) is 2.17. The van der Waals surface area contributed by atoms with E-state index in [1.54, 1.807) is 0 Å². The molecule has 0 aliphatic heterocycles. The van der Waals surface area contributed by atoms with Gasteiger partial charge in [-0.1, -0.05) is 48.6 Å². The average molecular weight is 417 g/mol. The van der Waals surface area contributed by atoms with Crippen LogP contribution in [0.1, 0.15) is 88.7 Å². The molecule has 0 radical (unpaired) electrons. The molecule has 1 aromatic carbocycles. The van der Waals surface area contributed by atoms with Crippen LogP contribution in [0.3, 0.4) is 0 Å². The molecule has 0 N–H and O–H groups in total. The molecule has 30 heavy (non-hydrogen) atoms. The van der Waals surface area contributed by atoms with E-state index in [9.17, 15) is 8.78 Å². The predicted molar refractivity (Wildman–Crippen MR) is 121 cm³/mol. The normalized spacial score (nSPS) is 28.4. The number of hydrogen-bond acceptors (Lipinski definition) is 1. The highest BCUT2D eigenvalue weighted by molar-refractivity contribution is 5.25. The molecule has 2 saturated carbocycles. The van der Waals surface area contributed by atoms with Gasteiger partial charge in [-0.3, -0.25) is 0 Å². The van der Waals surface area contributed by atoms with Crippen molar-refractivity contribution in [1.29, 1.82) is 0 Å². The van der Waals surface area contributed by atoms with Crippen molar-refractivity contribution in [2.75, 3.05) is 0 Å². The van der Waals surface area contributed by atoms with E-state index >= 15 is 0 Å². The molecule has 166 valence electrons. The summed E-state index contributed by atoms with van der Waals surface area (Å²) >= 11 is 0. The Bertz CT molecular complexity index is 675. The Kier molecular flexibility index (Phi) is 8.68. The van der Waals surface area contributed by atoms with E-state index in [1.807, 2.05) is 19.1 Å². The molecule has 0 aromatic heterocycles. The summed E-state index contributed by atoms with van der Waals surface area (Å²) < 4.78 is 33.8. The predicted octanol–water partition coefficient (Wildman–Crippen LogP) is 8.42. The van der Waals surface area contributed by atoms with Gasteiger partial charge in [0.05, 0.1) is 6.61 Å². The Morgan fingerprint density at radius 2 is 1.37 bits per heavy atom. The molecule has 0 bridgehead atoms. The van der Waals surface area contributed by atoms with E-state index in [-0.39, 0.29) is 18.9 Å². The van der Waals surface area contributed by atoms with Gasteiger partial charge in [0.25, 0.3) is 0 Å². The molecule has 2 aliphatic rings. The lowest BCUT2D eigenvalue weighted by Gasteiger charge is -2.29. The van der Waals surface area contributed by atoms with Gasteiger partial charge >= 0.3 is 6.11 Å². The van der Waals surface area contributed by atoms with Crippen molar-refractivity contribution in [3.63, 3.8) is 0 Å². The van der Waals surface area contributed by atoms with Crippen LogP contribution in [0.4, 0.5) is 8.78 Å². The SMILES string of the molecule is C/C=C/C1CCC(CC(F)(F)OCc2ccc(C3CCC(/C=C/C)CC3)cc2)CC1. The number of alkyl halides is 2. The Morgan fingerprint density at radius 1 is 0.833 bits per heavy atom. The van der Waals surface area contributed by atoms with E-state index in [4.69, 9.17) is 4.74 Å². The van der Waals surface area contributed by atoms with Crippen LogP contribution in [0.5, 0.6) is 0 Å². The molecule has 3 heteroatoms. The van der Waals surface area contributed by atoms with Gasteiger partial charge in [-0.2, -0.15) is 8.78 Å². The second kappa shape index (κ2) is 11.2. The molecule has 0 spiro atoms. The smallest absolute Gasteiger partial charge is 0.316 e. The van der Waals surface area contributed by atoms with Crippen molar-refractivity contribution < 1.29 is 13.5 Å². The molecular weight excluding hydrogens is 378 g/mol. The molecule has 2 fully saturated rings. The summed E-state index contributed by atoms with van der Waals surface area (Å²) in [7, 11) is 0. The highest BCUT2D eigenvalue weighted by Crippen LogP contribution is 2.38. The summed E-state index contributed by atoms with van der Waals surface area (Å²) in [6.45, 7) is 4.09. The van der Waals surface area contributed by atoms with E-state index in [1.165, 1.54) is 31.2 Å². The molecule has 0 atom stereocenters. The fourth-order valence-electron chi connectivity index (χ4n) is 5.24. The minimum absolute atomic E-state index is 0.0186. The topological polar surface area (TPSA) is 9.23 Å². The maximum atomic E-state index is 14.4. The second-order valence-electron chi connectivity index (χ2n) is 9.32. The maximum Gasteiger partial charge on any atom is 0.356 e. The van der Waals surface area contributed by atoms with Crippen molar-refractivity contribution in [2.45, 2.75) is 90.3 Å². The highest BCUT2D eigenvalue weighted by atomic mass is 19.3. The third-order valence-corrected chi connectivity index (χ3v) is 7.02. The van der Waals surface area contributed by atoms with Crippen LogP contribution >= 0.6 is 0 Å². The molecule has 0 saturated heterocycles. The largest absolute Gasteiger partial charge is 0.356 e. The van der Waals surface area contributed by atoms with Crippen molar-refractivity contribution in [3.05, 3.63) is 59.7 Å². The molecule has 2 aliphatic carbocycles. The van der Waals surface area contributed by atoms with E-state index in [2.05, 4.69) is 43.4 Å². The van der Waals surface area contributed by atoms with Crippen LogP contribution in [0, 0.1) is 17.8 Å². The van der Waals surface area contributed by atoms with Gasteiger partial charge < -0.3 is 4.74 Å². The van der Waals surface area contributed by atoms with Crippen LogP contribution < -0.4 is 0 Å². The van der Waals surface area contributed by atoms with E-state index in [0.717, 1.165) is 37.2 Å². The van der Waals surface area contributed by atoms with Gasteiger partial charge in [0.2, 0.25) is 0 Å². The lowest BCUT2D eigenvalue weighted by atomic mass is 9.78. The highest BCUT2D eigenvalue weighted by Gasteiger charge is 2.35. The fraction of sp³-hybridized carbons (Fsp3) is 0.630. The molecule has 0 amide bonds. The van der Waals surface area contributed by atoms with E-state index < -0.39 is 6.11 Å². The minimum Gasteiger partial charge on any atom is -0.316 e. The Labute approximate surface area is 181 Å². The lowest BCUT2D eigenvalue weighted by Crippen LogP contribution is -2.26. The van der Waals surface area contributed by atoms with Crippen molar-refractivity contribution in [1.82, 2.24) is 0 Å². The quantitative estimate of drug-likeness (QED) is 0.386. The zero-order valence-electron chi connectivity index (χ0n) is 18.7. The first kappa shape index (κ1) is 23.2. The standard InChI is InChI=1S/C27H38F2O/c1-3-5-21-7-9-23(10-8-21)19-27(28,29)30-20-24-13-17-26(18-14-24)25-15-11-22(6-4-2)12-16-25/h3-6,13-14,17-18,21-23,25H,7-12,15-16,19-20H2,1-2H3/b5-3+,6-4+. The van der Waals surface area contributed by atoms with Crippen molar-refractivity contribution in [3.8, 4) is 0 Å². The first-order valence-electron chi connectivity index (χ1n) is 11.9. The molecular formula is C27H38F2O. The zero-order valence-corrected chi connectivity index (χ0v) is 18.7. The van der Waals surface area contributed by atoms with Gasteiger partial charge in [0.1, 0.15) is 0 Å². The Hall–Kier alpha value is -1.48. The van der Waals surface area contributed by atoms with Crippen LogP contribution in [-0.4, -0.2) is 6.11 Å². The van der Waals surface area contributed by atoms with Crippen LogP contribution in [-0.2, 0) is 11.3 Å². The second-order valence-corrected chi connectivity index (χ2v) is 9.32. The summed E-state index contributed by atoms with van der Waals surface area (Å²) in [5, 5.41) is 0. The summed E-state index contributed by atoms with van der Waals surface area (Å²) in [6, 6.07) is 8.15. The third-order valence-electron chi connectivity index (χ3n) is 7.02. The minimum atomic E-state index is -3.04. The summed E-state index contributed by atoms with van der Waals surface area (Å²) in [4.78, 5) is 0. The van der Waals surface area contributed by atoms with Gasteiger partial charge in [0, 0.05) is 6.42 Å². The van der Waals surface area contributed by atoms with Crippen LogP contribution in [0.25, 0.3) is 0 Å². The number of allylic oxidation sites excluding steroid dienone is 4. The molecule has 1 nitrogen and oxygen atoms in total. The molecule has 3 rings (SSSR count). The first-order valence-corrected chi connectivity index (χ1v) is 11.9. The number of hydrogen-bond donors (Lipinski definition) is 0. The lowest BCUT2D eigenvalue weighted by molar-refractivity contribution is -0.256. The fourth-order valence-corrected chi connectivity index (χ4v) is 5.24. The maximum absolute atomic E-state index is 14.4. The number of ether oxygens (including phenoxy) is 1. The van der Waals surface area contributed by atoms with Gasteiger partial charge in [-0.15, -0.1) is 0 Å². The van der Waals surface area contributed by atoms with Gasteiger partial charge in [-0.25, -0.2) is 0 Å². The first-order chi connectivity index (χ1) is 14.5. The number of rotatable bonds is 8. The molecule has 0 heterocycles. The van der Waals surface area contributed by atoms with Gasteiger partial charge in [-0.05, 0) is 100 Å². The average Bonchev–Trinajstić information content (AvgIpc) is 2.75. The van der Waals surface area contributed by atoms with Crippen LogP contribution in [0.15, 0.2) is 48.6 Å². The van der Waals surface area contributed by atoms with Gasteiger partial charge in [0.15, 0.2) is 0 Å². The van der Waals surface area contributed by atoms with Crippen molar-refractivity contribution >= 4 is 0 Å². The monoisotopic (exact) mass is 416 g/mol.